The highest BCUT2D eigenvalue weighted by Crippen LogP contribution is 2.22. The zero-order chi connectivity index (χ0) is 16.2. The summed E-state index contributed by atoms with van der Waals surface area (Å²) in [5.41, 5.74) is 4.79. The Morgan fingerprint density at radius 2 is 2.17 bits per heavy atom. The van der Waals surface area contributed by atoms with Crippen molar-refractivity contribution in [2.45, 2.75) is 26.8 Å². The molecule has 3 heterocycles. The summed E-state index contributed by atoms with van der Waals surface area (Å²) in [6, 6.07) is 4.10. The van der Waals surface area contributed by atoms with E-state index in [2.05, 4.69) is 26.9 Å². The molecule has 3 rings (SSSR count). The van der Waals surface area contributed by atoms with Gasteiger partial charge in [-0.2, -0.15) is 11.3 Å². The van der Waals surface area contributed by atoms with Crippen molar-refractivity contribution in [1.29, 1.82) is 0 Å². The summed E-state index contributed by atoms with van der Waals surface area (Å²) in [6.45, 7) is 4.11. The highest BCUT2D eigenvalue weighted by atomic mass is 32.1. The fraction of sp³-hybridized carbons (Fsp3) is 0.235. The van der Waals surface area contributed by atoms with E-state index in [0.717, 1.165) is 27.9 Å². The first-order valence-electron chi connectivity index (χ1n) is 7.28. The quantitative estimate of drug-likeness (QED) is 0.781. The number of thiophene rings is 1. The third-order valence-corrected chi connectivity index (χ3v) is 4.34. The van der Waals surface area contributed by atoms with Gasteiger partial charge >= 0.3 is 0 Å². The third kappa shape index (κ3) is 3.65. The topological polar surface area (TPSA) is 68.0 Å². The molecule has 3 aromatic heterocycles. The van der Waals surface area contributed by atoms with E-state index in [0.29, 0.717) is 12.3 Å². The zero-order valence-electron chi connectivity index (χ0n) is 13.0. The highest BCUT2D eigenvalue weighted by Gasteiger charge is 2.13. The molecule has 0 spiro atoms. The lowest BCUT2D eigenvalue weighted by Crippen LogP contribution is -2.25. The molecule has 1 amide bonds. The van der Waals surface area contributed by atoms with E-state index in [4.69, 9.17) is 4.52 Å². The summed E-state index contributed by atoms with van der Waals surface area (Å²) >= 11 is 1.65. The lowest BCUT2D eigenvalue weighted by Gasteiger charge is -2.06. The number of carbonyl (C=O) groups excluding carboxylic acids is 1. The zero-order valence-corrected chi connectivity index (χ0v) is 13.8. The van der Waals surface area contributed by atoms with Crippen LogP contribution in [0.3, 0.4) is 0 Å². The molecular weight excluding hydrogens is 310 g/mol. The Bertz CT molecular complexity index is 790. The van der Waals surface area contributed by atoms with E-state index in [1.807, 2.05) is 31.5 Å². The number of pyridine rings is 1. The van der Waals surface area contributed by atoms with Crippen LogP contribution in [0.15, 0.2) is 39.8 Å². The first-order chi connectivity index (χ1) is 11.1. The van der Waals surface area contributed by atoms with E-state index in [-0.39, 0.29) is 12.3 Å². The summed E-state index contributed by atoms with van der Waals surface area (Å²) in [5.74, 6) is 0.638. The second kappa shape index (κ2) is 6.75. The lowest BCUT2D eigenvalue weighted by atomic mass is 10.1. The van der Waals surface area contributed by atoms with E-state index in [1.165, 1.54) is 0 Å². The molecule has 1 N–H and O–H groups in total. The maximum Gasteiger partial charge on any atom is 0.224 e. The Hall–Kier alpha value is -2.47. The van der Waals surface area contributed by atoms with Gasteiger partial charge in [0.15, 0.2) is 0 Å². The maximum atomic E-state index is 12.1. The predicted octanol–water partition coefficient (Wildman–Crippen LogP) is 3.27. The first-order valence-corrected chi connectivity index (χ1v) is 8.22. The predicted molar refractivity (Wildman–Crippen MR) is 89.1 cm³/mol. The molecule has 0 saturated carbocycles. The molecule has 5 nitrogen and oxygen atoms in total. The van der Waals surface area contributed by atoms with Crippen molar-refractivity contribution in [3.8, 4) is 11.1 Å². The van der Waals surface area contributed by atoms with Gasteiger partial charge in [-0.25, -0.2) is 0 Å². The van der Waals surface area contributed by atoms with Gasteiger partial charge in [-0.15, -0.1) is 0 Å². The van der Waals surface area contributed by atoms with Crippen LogP contribution in [0.1, 0.15) is 22.6 Å². The van der Waals surface area contributed by atoms with Crippen molar-refractivity contribution in [2.24, 2.45) is 0 Å². The second-order valence-electron chi connectivity index (χ2n) is 5.35. The van der Waals surface area contributed by atoms with E-state index in [1.54, 1.807) is 17.5 Å². The molecule has 0 bridgehead atoms. The van der Waals surface area contributed by atoms with Gasteiger partial charge in [0.05, 0.1) is 12.1 Å². The molecule has 0 aromatic carbocycles. The molecule has 6 heteroatoms. The summed E-state index contributed by atoms with van der Waals surface area (Å²) < 4.78 is 5.08. The minimum atomic E-state index is -0.0552. The number of nitrogens with zero attached hydrogens (tertiary/aromatic N) is 2. The SMILES string of the molecule is Cc1noc(C)c1CC(=O)NCc1cncc(-c2ccsc2)c1. The third-order valence-electron chi connectivity index (χ3n) is 3.66. The number of carbonyl (C=O) groups is 1. The minimum absolute atomic E-state index is 0.0552. The van der Waals surface area contributed by atoms with Crippen LogP contribution in [0, 0.1) is 13.8 Å². The summed E-state index contributed by atoms with van der Waals surface area (Å²) in [5, 5.41) is 10.9. The van der Waals surface area contributed by atoms with Crippen molar-refractivity contribution < 1.29 is 9.32 Å². The standard InChI is InChI=1S/C17H17N3O2S/c1-11-16(12(2)22-20-11)6-17(21)19-8-13-5-15(9-18-7-13)14-3-4-23-10-14/h3-5,7,9-10H,6,8H2,1-2H3,(H,19,21). The fourth-order valence-electron chi connectivity index (χ4n) is 2.35. The van der Waals surface area contributed by atoms with Crippen LogP contribution < -0.4 is 5.32 Å². The van der Waals surface area contributed by atoms with Gasteiger partial charge in [0.25, 0.3) is 0 Å². The van der Waals surface area contributed by atoms with Crippen molar-refractivity contribution >= 4 is 17.2 Å². The molecular formula is C17H17N3O2S. The maximum absolute atomic E-state index is 12.1. The van der Waals surface area contributed by atoms with E-state index >= 15 is 0 Å². The lowest BCUT2D eigenvalue weighted by molar-refractivity contribution is -0.120. The minimum Gasteiger partial charge on any atom is -0.361 e. The van der Waals surface area contributed by atoms with Gasteiger partial charge in [0.2, 0.25) is 5.91 Å². The van der Waals surface area contributed by atoms with Crippen molar-refractivity contribution in [2.75, 3.05) is 0 Å². The molecule has 0 fully saturated rings. The smallest absolute Gasteiger partial charge is 0.224 e. The number of rotatable bonds is 5. The second-order valence-corrected chi connectivity index (χ2v) is 6.13. The molecule has 3 aromatic rings. The monoisotopic (exact) mass is 327 g/mol. The summed E-state index contributed by atoms with van der Waals surface area (Å²) in [7, 11) is 0. The Morgan fingerprint density at radius 3 is 2.87 bits per heavy atom. The van der Waals surface area contributed by atoms with Gasteiger partial charge in [-0.05, 0) is 47.9 Å². The Kier molecular flexibility index (Phi) is 4.52. The van der Waals surface area contributed by atoms with Gasteiger partial charge < -0.3 is 9.84 Å². The molecule has 0 unspecified atom stereocenters. The number of aryl methyl sites for hydroxylation is 2. The molecule has 23 heavy (non-hydrogen) atoms. The number of hydrogen-bond donors (Lipinski definition) is 1. The van der Waals surface area contributed by atoms with E-state index < -0.39 is 0 Å². The molecule has 0 aliphatic heterocycles. The largest absolute Gasteiger partial charge is 0.361 e. The van der Waals surface area contributed by atoms with Crippen LogP contribution in [-0.2, 0) is 17.8 Å². The van der Waals surface area contributed by atoms with Crippen LogP contribution in [0.5, 0.6) is 0 Å². The van der Waals surface area contributed by atoms with Gasteiger partial charge in [0.1, 0.15) is 5.76 Å². The average Bonchev–Trinajstić information content (AvgIpc) is 3.19. The van der Waals surface area contributed by atoms with Crippen LogP contribution >= 0.6 is 11.3 Å². The van der Waals surface area contributed by atoms with Crippen molar-refractivity contribution in [1.82, 2.24) is 15.5 Å². The average molecular weight is 327 g/mol. The van der Waals surface area contributed by atoms with Crippen molar-refractivity contribution in [3.05, 3.63) is 57.9 Å². The molecule has 0 radical (unpaired) electrons. The van der Waals surface area contributed by atoms with E-state index in [9.17, 15) is 4.79 Å². The number of amides is 1. The number of aromatic nitrogens is 2. The van der Waals surface area contributed by atoms with Crippen molar-refractivity contribution in [3.63, 3.8) is 0 Å². The molecule has 0 aliphatic rings. The van der Waals surface area contributed by atoms with Crippen LogP contribution in [0.25, 0.3) is 11.1 Å². The highest BCUT2D eigenvalue weighted by molar-refractivity contribution is 7.08. The molecule has 0 aliphatic carbocycles. The molecule has 118 valence electrons. The first kappa shape index (κ1) is 15.4. The fourth-order valence-corrected chi connectivity index (χ4v) is 3.01. The van der Waals surface area contributed by atoms with Gasteiger partial charge in [-0.3, -0.25) is 9.78 Å². The Labute approximate surface area is 138 Å². The Morgan fingerprint density at radius 1 is 1.30 bits per heavy atom. The van der Waals surface area contributed by atoms with Gasteiger partial charge in [0, 0.05) is 30.1 Å². The normalized spacial score (nSPS) is 10.7. The number of hydrogen-bond acceptors (Lipinski definition) is 5. The summed E-state index contributed by atoms with van der Waals surface area (Å²) in [6.07, 6.45) is 3.88. The number of nitrogens with one attached hydrogen (secondary N) is 1. The van der Waals surface area contributed by atoms with Crippen LogP contribution in [0.2, 0.25) is 0 Å². The van der Waals surface area contributed by atoms with Crippen LogP contribution in [0.4, 0.5) is 0 Å². The Balaban J connectivity index is 1.62. The molecule has 0 saturated heterocycles. The molecule has 0 atom stereocenters. The van der Waals surface area contributed by atoms with Gasteiger partial charge in [-0.1, -0.05) is 5.16 Å². The summed E-state index contributed by atoms with van der Waals surface area (Å²) in [4.78, 5) is 16.4. The van der Waals surface area contributed by atoms with Crippen LogP contribution in [-0.4, -0.2) is 16.0 Å².